The number of nitrogens with zero attached hydrogens (tertiary/aromatic N) is 3. The SMILES string of the molecule is CCOc1cc(/C=N/N2CC(=O)N3C(Cc4c([nH]c5ccccc45)C3c3ccccc3)C2=O)ccc1O. The van der Waals surface area contributed by atoms with Gasteiger partial charge in [-0.15, -0.1) is 0 Å². The number of fused-ring (bicyclic) bond motifs is 4. The quantitative estimate of drug-likeness (QED) is 0.410. The standard InChI is InChI=1S/C29H26N4O4/c1-2-37-25-14-18(12-13-24(25)34)16-30-32-17-26(35)33-23(29(32)36)15-21-20-10-6-7-11-22(20)31-27(21)28(33)19-8-4-3-5-9-19/h3-14,16,23,28,31,34H,2,15,17H2,1H3/b30-16+. The summed E-state index contributed by atoms with van der Waals surface area (Å²) < 4.78 is 5.44. The Bertz CT molecular complexity index is 1530. The molecule has 8 nitrogen and oxygen atoms in total. The summed E-state index contributed by atoms with van der Waals surface area (Å²) in [5.41, 5.74) is 4.59. The highest BCUT2D eigenvalue weighted by atomic mass is 16.5. The summed E-state index contributed by atoms with van der Waals surface area (Å²) >= 11 is 0. The molecule has 2 aliphatic heterocycles. The number of aromatic hydroxyl groups is 1. The maximum absolute atomic E-state index is 13.7. The van der Waals surface area contributed by atoms with E-state index in [1.165, 1.54) is 17.3 Å². The number of amides is 2. The number of aromatic nitrogens is 1. The molecule has 1 fully saturated rings. The molecule has 2 N–H and O–H groups in total. The van der Waals surface area contributed by atoms with Crippen LogP contribution in [-0.4, -0.2) is 57.2 Å². The van der Waals surface area contributed by atoms with Gasteiger partial charge < -0.3 is 19.7 Å². The minimum Gasteiger partial charge on any atom is -0.504 e. The number of phenols is 1. The highest BCUT2D eigenvalue weighted by Crippen LogP contribution is 2.42. The fourth-order valence-electron chi connectivity index (χ4n) is 5.35. The molecule has 2 amide bonds. The lowest BCUT2D eigenvalue weighted by atomic mass is 9.86. The van der Waals surface area contributed by atoms with Crippen molar-refractivity contribution >= 4 is 28.9 Å². The van der Waals surface area contributed by atoms with Crippen LogP contribution in [0.15, 0.2) is 77.9 Å². The van der Waals surface area contributed by atoms with Gasteiger partial charge in [0.1, 0.15) is 12.6 Å². The lowest BCUT2D eigenvalue weighted by molar-refractivity contribution is -0.158. The fourth-order valence-corrected chi connectivity index (χ4v) is 5.35. The third-order valence-electron chi connectivity index (χ3n) is 6.99. The number of hydrazone groups is 1. The zero-order valence-corrected chi connectivity index (χ0v) is 20.3. The van der Waals surface area contributed by atoms with Crippen LogP contribution in [0.5, 0.6) is 11.5 Å². The lowest BCUT2D eigenvalue weighted by Crippen LogP contribution is -2.61. The van der Waals surface area contributed by atoms with Gasteiger partial charge in [-0.2, -0.15) is 5.10 Å². The Morgan fingerprint density at radius 2 is 1.86 bits per heavy atom. The lowest BCUT2D eigenvalue weighted by Gasteiger charge is -2.45. The number of piperazine rings is 1. The summed E-state index contributed by atoms with van der Waals surface area (Å²) in [4.78, 5) is 32.6. The van der Waals surface area contributed by atoms with Crippen LogP contribution >= 0.6 is 0 Å². The van der Waals surface area contributed by atoms with E-state index in [0.717, 1.165) is 27.7 Å². The summed E-state index contributed by atoms with van der Waals surface area (Å²) in [5.74, 6) is -0.0248. The van der Waals surface area contributed by atoms with E-state index >= 15 is 0 Å². The van der Waals surface area contributed by atoms with Crippen LogP contribution in [0.3, 0.4) is 0 Å². The molecule has 0 saturated carbocycles. The van der Waals surface area contributed by atoms with E-state index in [1.807, 2.05) is 61.5 Å². The van der Waals surface area contributed by atoms with Crippen molar-refractivity contribution in [2.45, 2.75) is 25.4 Å². The summed E-state index contributed by atoms with van der Waals surface area (Å²) in [5, 5.41) is 16.6. The first-order valence-electron chi connectivity index (χ1n) is 12.3. The molecule has 3 heterocycles. The van der Waals surface area contributed by atoms with E-state index in [9.17, 15) is 14.7 Å². The zero-order chi connectivity index (χ0) is 25.5. The third-order valence-corrected chi connectivity index (χ3v) is 6.99. The van der Waals surface area contributed by atoms with Crippen LogP contribution in [0.2, 0.25) is 0 Å². The van der Waals surface area contributed by atoms with Gasteiger partial charge in [-0.1, -0.05) is 48.5 Å². The molecule has 2 unspecified atom stereocenters. The minimum absolute atomic E-state index is 0.0301. The second kappa shape index (κ2) is 9.13. The molecular weight excluding hydrogens is 468 g/mol. The number of hydrogen-bond acceptors (Lipinski definition) is 5. The third kappa shape index (κ3) is 3.91. The molecule has 0 aliphatic carbocycles. The van der Waals surface area contributed by atoms with E-state index in [4.69, 9.17) is 4.74 Å². The maximum Gasteiger partial charge on any atom is 0.266 e. The van der Waals surface area contributed by atoms with Crippen LogP contribution in [0.25, 0.3) is 10.9 Å². The van der Waals surface area contributed by atoms with Crippen molar-refractivity contribution in [1.82, 2.24) is 14.9 Å². The van der Waals surface area contributed by atoms with Crippen LogP contribution in [0.1, 0.15) is 35.3 Å². The van der Waals surface area contributed by atoms with Gasteiger partial charge in [-0.25, -0.2) is 5.01 Å². The molecule has 2 atom stereocenters. The Labute approximate surface area is 213 Å². The number of hydrogen-bond donors (Lipinski definition) is 2. The van der Waals surface area contributed by atoms with Crippen molar-refractivity contribution in [2.24, 2.45) is 5.10 Å². The van der Waals surface area contributed by atoms with Gasteiger partial charge >= 0.3 is 0 Å². The van der Waals surface area contributed by atoms with Crippen molar-refractivity contribution in [2.75, 3.05) is 13.2 Å². The molecule has 0 radical (unpaired) electrons. The summed E-state index contributed by atoms with van der Waals surface area (Å²) in [6.45, 7) is 2.08. The van der Waals surface area contributed by atoms with Crippen LogP contribution in [-0.2, 0) is 16.0 Å². The molecule has 0 bridgehead atoms. The van der Waals surface area contributed by atoms with Crippen molar-refractivity contribution in [3.8, 4) is 11.5 Å². The van der Waals surface area contributed by atoms with Crippen LogP contribution in [0, 0.1) is 0 Å². The summed E-state index contributed by atoms with van der Waals surface area (Å²) in [7, 11) is 0. The Kier molecular flexibility index (Phi) is 5.64. The molecular formula is C29H26N4O4. The molecule has 4 aromatic rings. The van der Waals surface area contributed by atoms with Gasteiger partial charge in [0.25, 0.3) is 5.91 Å². The number of carbonyl (C=O) groups excluding carboxylic acids is 2. The number of H-pyrrole nitrogens is 1. The topological polar surface area (TPSA) is 98.2 Å². The van der Waals surface area contributed by atoms with E-state index in [2.05, 4.69) is 10.1 Å². The van der Waals surface area contributed by atoms with Crippen molar-refractivity contribution in [3.63, 3.8) is 0 Å². The minimum atomic E-state index is -0.672. The number of rotatable bonds is 5. The van der Waals surface area contributed by atoms with Gasteiger partial charge in [0.15, 0.2) is 11.5 Å². The predicted molar refractivity (Wildman–Crippen MR) is 140 cm³/mol. The maximum atomic E-state index is 13.7. The molecule has 3 aromatic carbocycles. The zero-order valence-electron chi connectivity index (χ0n) is 20.3. The first-order chi connectivity index (χ1) is 18.0. The first kappa shape index (κ1) is 22.8. The molecule has 1 aromatic heterocycles. The molecule has 186 valence electrons. The fraction of sp³-hybridized carbons (Fsp3) is 0.207. The molecule has 6 rings (SSSR count). The smallest absolute Gasteiger partial charge is 0.266 e. The van der Waals surface area contributed by atoms with Crippen LogP contribution < -0.4 is 4.74 Å². The van der Waals surface area contributed by atoms with Gasteiger partial charge in [-0.3, -0.25) is 9.59 Å². The van der Waals surface area contributed by atoms with E-state index in [0.29, 0.717) is 24.3 Å². The molecule has 37 heavy (non-hydrogen) atoms. The average molecular weight is 495 g/mol. The van der Waals surface area contributed by atoms with Gasteiger partial charge in [0, 0.05) is 23.0 Å². The van der Waals surface area contributed by atoms with Crippen molar-refractivity contribution in [1.29, 1.82) is 0 Å². The van der Waals surface area contributed by atoms with Gasteiger partial charge in [0.05, 0.1) is 18.9 Å². The second-order valence-corrected chi connectivity index (χ2v) is 9.20. The van der Waals surface area contributed by atoms with E-state index in [-0.39, 0.29) is 24.1 Å². The molecule has 0 spiro atoms. The number of aromatic amines is 1. The Hall–Kier alpha value is -4.59. The van der Waals surface area contributed by atoms with Gasteiger partial charge in [-0.05, 0) is 47.9 Å². The predicted octanol–water partition coefficient (Wildman–Crippen LogP) is 3.99. The number of carbonyl (C=O) groups is 2. The molecule has 8 heteroatoms. The molecule has 2 aliphatic rings. The number of phenolic OH excluding ortho intramolecular Hbond substituents is 1. The normalized spacial score (nSPS) is 19.4. The van der Waals surface area contributed by atoms with E-state index in [1.54, 1.807) is 17.0 Å². The number of para-hydroxylation sites is 1. The number of nitrogens with one attached hydrogen (secondary N) is 1. The monoisotopic (exact) mass is 494 g/mol. The number of benzene rings is 3. The number of ether oxygens (including phenoxy) is 1. The Morgan fingerprint density at radius 3 is 2.68 bits per heavy atom. The molecule has 1 saturated heterocycles. The summed E-state index contributed by atoms with van der Waals surface area (Å²) in [6, 6.07) is 21.6. The average Bonchev–Trinajstić information content (AvgIpc) is 3.29. The van der Waals surface area contributed by atoms with Crippen molar-refractivity contribution in [3.05, 3.63) is 95.2 Å². The second-order valence-electron chi connectivity index (χ2n) is 9.20. The van der Waals surface area contributed by atoms with E-state index < -0.39 is 12.1 Å². The van der Waals surface area contributed by atoms with Crippen molar-refractivity contribution < 1.29 is 19.4 Å². The summed E-state index contributed by atoms with van der Waals surface area (Å²) in [6.07, 6.45) is 1.92. The Balaban J connectivity index is 1.37. The largest absolute Gasteiger partial charge is 0.504 e. The first-order valence-corrected chi connectivity index (χ1v) is 12.3. The highest BCUT2D eigenvalue weighted by Gasteiger charge is 2.48. The Morgan fingerprint density at radius 1 is 1.08 bits per heavy atom. The highest BCUT2D eigenvalue weighted by molar-refractivity contribution is 5.98. The van der Waals surface area contributed by atoms with Crippen LogP contribution in [0.4, 0.5) is 0 Å². The van der Waals surface area contributed by atoms with Gasteiger partial charge in [0.2, 0.25) is 5.91 Å².